The van der Waals surface area contributed by atoms with Crippen molar-refractivity contribution in [3.63, 3.8) is 0 Å². The highest BCUT2D eigenvalue weighted by Gasteiger charge is 2.38. The molecule has 0 N–H and O–H groups in total. The molecule has 1 atom stereocenters. The Bertz CT molecular complexity index is 894. The van der Waals surface area contributed by atoms with Crippen LogP contribution in [0.4, 0.5) is 0 Å². The number of fused-ring (bicyclic) bond motifs is 1. The number of halogens is 1. The average molecular weight is 421 g/mol. The molecule has 0 fully saturated rings. The van der Waals surface area contributed by atoms with Gasteiger partial charge in [-0.2, -0.15) is 0 Å². The maximum absolute atomic E-state index is 12.7. The lowest BCUT2D eigenvalue weighted by Crippen LogP contribution is -2.34. The summed E-state index contributed by atoms with van der Waals surface area (Å²) in [4.78, 5) is 19.2. The van der Waals surface area contributed by atoms with Crippen LogP contribution in [0.2, 0.25) is 5.02 Å². The summed E-state index contributed by atoms with van der Waals surface area (Å²) in [6, 6.07) is 3.17. The summed E-state index contributed by atoms with van der Waals surface area (Å²) in [5, 5.41) is 3.10. The van der Waals surface area contributed by atoms with Gasteiger partial charge in [-0.15, -0.1) is 0 Å². The summed E-state index contributed by atoms with van der Waals surface area (Å²) in [5.74, 6) is 0.507. The van der Waals surface area contributed by atoms with E-state index in [4.69, 9.17) is 25.8 Å². The molecule has 2 heterocycles. The van der Waals surface area contributed by atoms with Crippen molar-refractivity contribution in [2.24, 2.45) is 4.99 Å². The monoisotopic (exact) mass is 420 g/mol. The van der Waals surface area contributed by atoms with E-state index in [2.05, 4.69) is 11.6 Å². The van der Waals surface area contributed by atoms with E-state index in [1.54, 1.807) is 26.2 Å². The third-order valence-electron chi connectivity index (χ3n) is 4.23. The van der Waals surface area contributed by atoms with Gasteiger partial charge >= 0.3 is 5.97 Å². The number of benzene rings is 1. The standard InChI is InChI=1S/C20H21ClN2O4S/c1-5-8-27-18-14(21)10-13(11-15(18)25-4)17-16(19(24)26-6-2)12(3)22-20-23(17)7-9-28-20/h5,7,9-11,17H,1,6,8H2,2-4H3/t17-/m0/s1. The molecule has 0 saturated heterocycles. The van der Waals surface area contributed by atoms with Gasteiger partial charge in [0.05, 0.1) is 36.1 Å². The second-order valence-electron chi connectivity index (χ2n) is 5.96. The third kappa shape index (κ3) is 3.77. The quantitative estimate of drug-likeness (QED) is 0.471. The van der Waals surface area contributed by atoms with Gasteiger partial charge in [-0.25, -0.2) is 9.79 Å². The first-order chi connectivity index (χ1) is 13.5. The number of hydrogen-bond acceptors (Lipinski definition) is 7. The molecule has 2 aliphatic heterocycles. The summed E-state index contributed by atoms with van der Waals surface area (Å²) in [6.07, 6.45) is 3.52. The van der Waals surface area contributed by atoms with Crippen molar-refractivity contribution in [1.82, 2.24) is 4.90 Å². The summed E-state index contributed by atoms with van der Waals surface area (Å²) in [5.41, 5.74) is 1.86. The van der Waals surface area contributed by atoms with Gasteiger partial charge in [-0.1, -0.05) is 36.0 Å². The van der Waals surface area contributed by atoms with Crippen LogP contribution in [0.15, 0.2) is 52.7 Å². The lowest BCUT2D eigenvalue weighted by atomic mass is 9.94. The van der Waals surface area contributed by atoms with Crippen molar-refractivity contribution in [1.29, 1.82) is 0 Å². The van der Waals surface area contributed by atoms with E-state index in [1.807, 2.05) is 29.5 Å². The normalized spacial score (nSPS) is 17.9. The molecule has 28 heavy (non-hydrogen) atoms. The number of amidine groups is 1. The van der Waals surface area contributed by atoms with E-state index in [1.165, 1.54) is 11.8 Å². The highest BCUT2D eigenvalue weighted by Crippen LogP contribution is 2.45. The van der Waals surface area contributed by atoms with Gasteiger partial charge in [0.2, 0.25) is 0 Å². The SMILES string of the molecule is C=CCOc1c(Cl)cc([C@H]2C(C(=O)OCC)=C(C)N=C3SC=CN32)cc1OC. The van der Waals surface area contributed by atoms with Crippen molar-refractivity contribution in [2.45, 2.75) is 19.9 Å². The van der Waals surface area contributed by atoms with Crippen molar-refractivity contribution in [3.8, 4) is 11.5 Å². The minimum absolute atomic E-state index is 0.280. The molecular weight excluding hydrogens is 400 g/mol. The number of nitrogens with zero attached hydrogens (tertiary/aromatic N) is 2. The van der Waals surface area contributed by atoms with Crippen molar-refractivity contribution in [3.05, 3.63) is 58.3 Å². The Morgan fingerprint density at radius 1 is 1.46 bits per heavy atom. The molecule has 0 spiro atoms. The fraction of sp³-hybridized carbons (Fsp3) is 0.300. The Balaban J connectivity index is 2.12. The Morgan fingerprint density at radius 3 is 2.93 bits per heavy atom. The molecule has 3 rings (SSSR count). The van der Waals surface area contributed by atoms with Gasteiger partial charge in [0.15, 0.2) is 16.7 Å². The minimum Gasteiger partial charge on any atom is -0.493 e. The summed E-state index contributed by atoms with van der Waals surface area (Å²) in [6.45, 7) is 7.81. The van der Waals surface area contributed by atoms with Crippen molar-refractivity contribution in [2.75, 3.05) is 20.3 Å². The number of carbonyl (C=O) groups is 1. The van der Waals surface area contributed by atoms with Gasteiger partial charge in [0.25, 0.3) is 0 Å². The highest BCUT2D eigenvalue weighted by molar-refractivity contribution is 8.16. The zero-order valence-electron chi connectivity index (χ0n) is 15.9. The fourth-order valence-electron chi connectivity index (χ4n) is 3.08. The number of methoxy groups -OCH3 is 1. The average Bonchev–Trinajstić information content (AvgIpc) is 3.13. The second-order valence-corrected chi connectivity index (χ2v) is 7.24. The lowest BCUT2D eigenvalue weighted by Gasteiger charge is -2.33. The van der Waals surface area contributed by atoms with Crippen molar-refractivity contribution >= 4 is 34.5 Å². The molecular formula is C20H21ClN2O4S. The zero-order chi connectivity index (χ0) is 20.3. The number of thioether (sulfide) groups is 1. The number of carbonyl (C=O) groups excluding carboxylic acids is 1. The maximum atomic E-state index is 12.7. The first-order valence-electron chi connectivity index (χ1n) is 8.71. The van der Waals surface area contributed by atoms with E-state index in [-0.39, 0.29) is 6.61 Å². The third-order valence-corrected chi connectivity index (χ3v) is 5.28. The predicted octanol–water partition coefficient (Wildman–Crippen LogP) is 4.68. The zero-order valence-corrected chi connectivity index (χ0v) is 17.5. The lowest BCUT2D eigenvalue weighted by molar-refractivity contribution is -0.139. The molecule has 0 aromatic heterocycles. The van der Waals surface area contributed by atoms with Crippen LogP contribution in [0, 0.1) is 0 Å². The van der Waals surface area contributed by atoms with Crippen LogP contribution in [-0.4, -0.2) is 36.4 Å². The number of hydrogen-bond donors (Lipinski definition) is 0. The van der Waals surface area contributed by atoms with Crippen LogP contribution in [0.25, 0.3) is 0 Å². The number of aliphatic imine (C=N–C) groups is 1. The van der Waals surface area contributed by atoms with Crippen LogP contribution in [-0.2, 0) is 9.53 Å². The van der Waals surface area contributed by atoms with E-state index >= 15 is 0 Å². The summed E-state index contributed by atoms with van der Waals surface area (Å²) in [7, 11) is 1.54. The Morgan fingerprint density at radius 2 is 2.25 bits per heavy atom. The van der Waals surface area contributed by atoms with Gasteiger partial charge in [-0.05, 0) is 37.0 Å². The first-order valence-corrected chi connectivity index (χ1v) is 9.96. The van der Waals surface area contributed by atoms with Crippen LogP contribution >= 0.6 is 23.4 Å². The largest absolute Gasteiger partial charge is 0.493 e. The first kappa shape index (κ1) is 20.4. The van der Waals surface area contributed by atoms with Crippen LogP contribution in [0.5, 0.6) is 11.5 Å². The Hall–Kier alpha value is -2.38. The summed E-state index contributed by atoms with van der Waals surface area (Å²) >= 11 is 7.99. The number of rotatable bonds is 7. The van der Waals surface area contributed by atoms with Crippen LogP contribution < -0.4 is 9.47 Å². The molecule has 0 bridgehead atoms. The van der Waals surface area contributed by atoms with Crippen molar-refractivity contribution < 1.29 is 19.0 Å². The topological polar surface area (TPSA) is 60.4 Å². The number of allylic oxidation sites excluding steroid dienone is 1. The number of ether oxygens (including phenoxy) is 3. The Labute approximate surface area is 173 Å². The Kier molecular flexibility index (Phi) is 6.36. The second kappa shape index (κ2) is 8.75. The molecule has 0 amide bonds. The minimum atomic E-state index is -0.433. The molecule has 1 aromatic rings. The molecule has 6 nitrogen and oxygen atoms in total. The molecule has 0 saturated carbocycles. The fourth-order valence-corrected chi connectivity index (χ4v) is 4.14. The molecule has 1 aromatic carbocycles. The van der Waals surface area contributed by atoms with Gasteiger partial charge in [0.1, 0.15) is 6.61 Å². The molecule has 0 unspecified atom stereocenters. The molecule has 2 aliphatic rings. The van der Waals surface area contributed by atoms with E-state index in [0.717, 1.165) is 10.7 Å². The van der Waals surface area contributed by atoms with E-state index < -0.39 is 12.0 Å². The maximum Gasteiger partial charge on any atom is 0.338 e. The van der Waals surface area contributed by atoms with Gasteiger partial charge in [0, 0.05) is 6.20 Å². The van der Waals surface area contributed by atoms with Gasteiger partial charge in [-0.3, -0.25) is 0 Å². The van der Waals surface area contributed by atoms with E-state index in [9.17, 15) is 4.79 Å². The molecule has 0 aliphatic carbocycles. The smallest absolute Gasteiger partial charge is 0.338 e. The van der Waals surface area contributed by atoms with Gasteiger partial charge < -0.3 is 19.1 Å². The predicted molar refractivity (Wildman–Crippen MR) is 112 cm³/mol. The molecule has 148 valence electrons. The van der Waals surface area contributed by atoms with Crippen LogP contribution in [0.1, 0.15) is 25.5 Å². The molecule has 0 radical (unpaired) electrons. The van der Waals surface area contributed by atoms with E-state index in [0.29, 0.717) is 34.4 Å². The highest BCUT2D eigenvalue weighted by atomic mass is 35.5. The summed E-state index contributed by atoms with van der Waals surface area (Å²) < 4.78 is 16.4. The number of esters is 1. The van der Waals surface area contributed by atoms with Crippen LogP contribution in [0.3, 0.4) is 0 Å². The molecule has 8 heteroatoms.